The zero-order chi connectivity index (χ0) is 14.5. The fourth-order valence-electron chi connectivity index (χ4n) is 1.92. The molecule has 1 heterocycles. The van der Waals surface area contributed by atoms with E-state index in [9.17, 15) is 0 Å². The number of rotatable bonds is 5. The molecule has 0 spiro atoms. The number of hydrogen-bond acceptors (Lipinski definition) is 4. The molecule has 0 saturated heterocycles. The van der Waals surface area contributed by atoms with Crippen LogP contribution >= 0.6 is 15.9 Å². The van der Waals surface area contributed by atoms with Crippen LogP contribution < -0.4 is 10.1 Å². The molecule has 0 saturated carbocycles. The Morgan fingerprint density at radius 3 is 2.70 bits per heavy atom. The van der Waals surface area contributed by atoms with E-state index in [2.05, 4.69) is 38.1 Å². The van der Waals surface area contributed by atoms with Crippen LogP contribution in [-0.2, 0) is 6.42 Å². The molecule has 0 aliphatic carbocycles. The molecule has 1 aromatic carbocycles. The third-order valence-corrected chi connectivity index (χ3v) is 3.52. The Morgan fingerprint density at radius 1 is 1.25 bits per heavy atom. The number of benzene rings is 1. The molecule has 0 radical (unpaired) electrons. The van der Waals surface area contributed by atoms with E-state index in [0.29, 0.717) is 5.88 Å². The van der Waals surface area contributed by atoms with Crippen LogP contribution in [0.4, 0.5) is 5.82 Å². The molecule has 20 heavy (non-hydrogen) atoms. The maximum atomic E-state index is 5.94. The minimum absolute atomic E-state index is 0.600. The molecule has 2 rings (SSSR count). The van der Waals surface area contributed by atoms with Gasteiger partial charge >= 0.3 is 0 Å². The highest BCUT2D eigenvalue weighted by Gasteiger charge is 2.12. The molecule has 0 amide bonds. The lowest BCUT2D eigenvalue weighted by molar-refractivity contribution is 0.452. The molecular formula is C15H18BrN3O. The second kappa shape index (κ2) is 6.70. The Kier molecular flexibility index (Phi) is 4.95. The zero-order valence-corrected chi connectivity index (χ0v) is 13.5. The SMILES string of the molecule is CCNc1ncnc(Oc2ccc(C)cc2Br)c1CC. The van der Waals surface area contributed by atoms with Crippen LogP contribution in [0.15, 0.2) is 29.0 Å². The Labute approximate surface area is 127 Å². The van der Waals surface area contributed by atoms with Crippen molar-refractivity contribution in [1.82, 2.24) is 9.97 Å². The van der Waals surface area contributed by atoms with Crippen LogP contribution in [0.1, 0.15) is 25.0 Å². The lowest BCUT2D eigenvalue weighted by Crippen LogP contribution is -2.05. The van der Waals surface area contributed by atoms with Gasteiger partial charge in [0, 0.05) is 6.54 Å². The van der Waals surface area contributed by atoms with Gasteiger partial charge in [-0.2, -0.15) is 0 Å². The van der Waals surface area contributed by atoms with Gasteiger partial charge in [0.2, 0.25) is 5.88 Å². The third kappa shape index (κ3) is 3.28. The van der Waals surface area contributed by atoms with E-state index >= 15 is 0 Å². The number of anilines is 1. The third-order valence-electron chi connectivity index (χ3n) is 2.90. The van der Waals surface area contributed by atoms with Crippen LogP contribution in [0, 0.1) is 6.92 Å². The molecule has 0 bridgehead atoms. The lowest BCUT2D eigenvalue weighted by Gasteiger charge is -2.13. The number of halogens is 1. The molecule has 4 nitrogen and oxygen atoms in total. The van der Waals surface area contributed by atoms with Crippen molar-refractivity contribution >= 4 is 21.7 Å². The van der Waals surface area contributed by atoms with E-state index < -0.39 is 0 Å². The second-order valence-corrected chi connectivity index (χ2v) is 5.28. The van der Waals surface area contributed by atoms with Gasteiger partial charge in [-0.25, -0.2) is 9.97 Å². The summed E-state index contributed by atoms with van der Waals surface area (Å²) in [6.07, 6.45) is 2.33. The molecule has 106 valence electrons. The summed E-state index contributed by atoms with van der Waals surface area (Å²) < 4.78 is 6.85. The smallest absolute Gasteiger partial charge is 0.227 e. The summed E-state index contributed by atoms with van der Waals surface area (Å²) in [7, 11) is 0. The largest absolute Gasteiger partial charge is 0.437 e. The summed E-state index contributed by atoms with van der Waals surface area (Å²) in [5, 5.41) is 3.23. The lowest BCUT2D eigenvalue weighted by atomic mass is 10.2. The number of ether oxygens (including phenoxy) is 1. The van der Waals surface area contributed by atoms with Gasteiger partial charge in [-0.15, -0.1) is 0 Å². The highest BCUT2D eigenvalue weighted by molar-refractivity contribution is 9.10. The van der Waals surface area contributed by atoms with E-state index in [4.69, 9.17) is 4.74 Å². The van der Waals surface area contributed by atoms with Crippen LogP contribution in [0.5, 0.6) is 11.6 Å². The minimum atomic E-state index is 0.600. The average Bonchev–Trinajstić information content (AvgIpc) is 2.42. The van der Waals surface area contributed by atoms with Gasteiger partial charge in [-0.3, -0.25) is 0 Å². The van der Waals surface area contributed by atoms with Gasteiger partial charge in [0.05, 0.1) is 10.0 Å². The Bertz CT molecular complexity index is 602. The summed E-state index contributed by atoms with van der Waals surface area (Å²) >= 11 is 3.52. The quantitative estimate of drug-likeness (QED) is 0.883. The number of aryl methyl sites for hydroxylation is 1. The Balaban J connectivity index is 2.35. The second-order valence-electron chi connectivity index (χ2n) is 4.43. The van der Waals surface area contributed by atoms with Crippen molar-refractivity contribution in [3.63, 3.8) is 0 Å². The van der Waals surface area contributed by atoms with Crippen LogP contribution in [0.25, 0.3) is 0 Å². The van der Waals surface area contributed by atoms with Gasteiger partial charge in [0.1, 0.15) is 17.9 Å². The predicted octanol–water partition coefficient (Wildman–Crippen LogP) is 4.33. The molecule has 0 atom stereocenters. The predicted molar refractivity (Wildman–Crippen MR) is 84.5 cm³/mol. The van der Waals surface area contributed by atoms with Crippen molar-refractivity contribution in [2.75, 3.05) is 11.9 Å². The average molecular weight is 336 g/mol. The summed E-state index contributed by atoms with van der Waals surface area (Å²) in [6.45, 7) is 6.97. The monoisotopic (exact) mass is 335 g/mol. The molecule has 5 heteroatoms. The maximum absolute atomic E-state index is 5.94. The van der Waals surface area contributed by atoms with Crippen molar-refractivity contribution < 1.29 is 4.74 Å². The standard InChI is InChI=1S/C15H18BrN3O/c1-4-11-14(17-5-2)18-9-19-15(11)20-13-7-6-10(3)8-12(13)16/h6-9H,4-5H2,1-3H3,(H,17,18,19). The van der Waals surface area contributed by atoms with Crippen molar-refractivity contribution in [3.8, 4) is 11.6 Å². The first-order chi connectivity index (χ1) is 9.65. The van der Waals surface area contributed by atoms with Gasteiger partial charge in [0.25, 0.3) is 0 Å². The maximum Gasteiger partial charge on any atom is 0.227 e. The van der Waals surface area contributed by atoms with E-state index in [0.717, 1.165) is 34.6 Å². The van der Waals surface area contributed by atoms with E-state index in [1.54, 1.807) is 0 Å². The molecular weight excluding hydrogens is 318 g/mol. The summed E-state index contributed by atoms with van der Waals surface area (Å²) in [6, 6.07) is 5.97. The molecule has 0 unspecified atom stereocenters. The molecule has 2 aromatic rings. The number of aromatic nitrogens is 2. The number of nitrogens with one attached hydrogen (secondary N) is 1. The first-order valence-electron chi connectivity index (χ1n) is 6.67. The molecule has 1 aromatic heterocycles. The highest BCUT2D eigenvalue weighted by atomic mass is 79.9. The van der Waals surface area contributed by atoms with Gasteiger partial charge in [-0.05, 0) is 53.9 Å². The normalized spacial score (nSPS) is 10.4. The fourth-order valence-corrected chi connectivity index (χ4v) is 2.49. The number of hydrogen-bond donors (Lipinski definition) is 1. The van der Waals surface area contributed by atoms with Crippen LogP contribution in [0.2, 0.25) is 0 Å². The molecule has 0 fully saturated rings. The molecule has 0 aliphatic heterocycles. The van der Waals surface area contributed by atoms with Gasteiger partial charge in [-0.1, -0.05) is 13.0 Å². The van der Waals surface area contributed by atoms with Crippen LogP contribution in [0.3, 0.4) is 0 Å². The first kappa shape index (κ1) is 14.8. The highest BCUT2D eigenvalue weighted by Crippen LogP contribution is 2.32. The van der Waals surface area contributed by atoms with E-state index in [-0.39, 0.29) is 0 Å². The van der Waals surface area contributed by atoms with E-state index in [1.165, 1.54) is 11.9 Å². The summed E-state index contributed by atoms with van der Waals surface area (Å²) in [5.74, 6) is 2.19. The Hall–Kier alpha value is -1.62. The van der Waals surface area contributed by atoms with Gasteiger partial charge in [0.15, 0.2) is 0 Å². The topological polar surface area (TPSA) is 47.0 Å². The van der Waals surface area contributed by atoms with E-state index in [1.807, 2.05) is 32.0 Å². The minimum Gasteiger partial charge on any atom is -0.437 e. The molecule has 0 aliphatic rings. The van der Waals surface area contributed by atoms with Crippen molar-refractivity contribution in [1.29, 1.82) is 0 Å². The Morgan fingerprint density at radius 2 is 2.05 bits per heavy atom. The van der Waals surface area contributed by atoms with Crippen molar-refractivity contribution in [3.05, 3.63) is 40.1 Å². The van der Waals surface area contributed by atoms with Crippen molar-refractivity contribution in [2.45, 2.75) is 27.2 Å². The fraction of sp³-hybridized carbons (Fsp3) is 0.333. The zero-order valence-electron chi connectivity index (χ0n) is 11.9. The first-order valence-corrected chi connectivity index (χ1v) is 7.46. The van der Waals surface area contributed by atoms with Crippen LogP contribution in [-0.4, -0.2) is 16.5 Å². The summed E-state index contributed by atoms with van der Waals surface area (Å²) in [5.41, 5.74) is 2.16. The van der Waals surface area contributed by atoms with Crippen molar-refractivity contribution in [2.24, 2.45) is 0 Å². The number of nitrogens with zero attached hydrogens (tertiary/aromatic N) is 2. The van der Waals surface area contributed by atoms with Gasteiger partial charge < -0.3 is 10.1 Å². The summed E-state index contributed by atoms with van der Waals surface area (Å²) in [4.78, 5) is 8.52. The molecule has 1 N–H and O–H groups in total.